The standard InChI is InChI=1S/C16H24ClNO/c1-11(2)10-19-15-9-14(16(15,3)4)18-13-8-6-5-7-12(13)17/h5-8,11,14-15,18H,9-10H2,1-4H3. The van der Waals surface area contributed by atoms with Gasteiger partial charge in [0.05, 0.1) is 16.8 Å². The molecule has 0 bridgehead atoms. The van der Waals surface area contributed by atoms with Gasteiger partial charge in [0.2, 0.25) is 0 Å². The monoisotopic (exact) mass is 281 g/mol. The molecule has 1 fully saturated rings. The van der Waals surface area contributed by atoms with Gasteiger partial charge in [-0.05, 0) is 24.5 Å². The highest BCUT2D eigenvalue weighted by Crippen LogP contribution is 2.45. The summed E-state index contributed by atoms with van der Waals surface area (Å²) < 4.78 is 5.98. The van der Waals surface area contributed by atoms with E-state index in [0.717, 1.165) is 23.7 Å². The molecule has 1 aliphatic rings. The molecule has 1 aliphatic carbocycles. The number of nitrogens with one attached hydrogen (secondary N) is 1. The summed E-state index contributed by atoms with van der Waals surface area (Å²) >= 11 is 6.19. The van der Waals surface area contributed by atoms with Gasteiger partial charge in [-0.1, -0.05) is 51.4 Å². The topological polar surface area (TPSA) is 21.3 Å². The first-order valence-electron chi connectivity index (χ1n) is 7.04. The average molecular weight is 282 g/mol. The molecular formula is C16H24ClNO. The zero-order chi connectivity index (χ0) is 14.0. The zero-order valence-corrected chi connectivity index (χ0v) is 13.0. The molecule has 1 saturated carbocycles. The fourth-order valence-electron chi connectivity index (χ4n) is 2.49. The summed E-state index contributed by atoms with van der Waals surface area (Å²) in [5, 5.41) is 4.32. The summed E-state index contributed by atoms with van der Waals surface area (Å²) in [5.74, 6) is 0.589. The van der Waals surface area contributed by atoms with E-state index in [1.54, 1.807) is 0 Å². The van der Waals surface area contributed by atoms with E-state index in [-0.39, 0.29) is 5.41 Å². The highest BCUT2D eigenvalue weighted by Gasteiger charge is 2.49. The summed E-state index contributed by atoms with van der Waals surface area (Å²) in [6.07, 6.45) is 1.39. The Balaban J connectivity index is 1.93. The highest BCUT2D eigenvalue weighted by molar-refractivity contribution is 6.33. The summed E-state index contributed by atoms with van der Waals surface area (Å²) in [6.45, 7) is 9.73. The molecule has 2 rings (SSSR count). The van der Waals surface area contributed by atoms with Gasteiger partial charge >= 0.3 is 0 Å². The van der Waals surface area contributed by atoms with Crippen molar-refractivity contribution >= 4 is 17.3 Å². The average Bonchev–Trinajstić information content (AvgIpc) is 2.34. The van der Waals surface area contributed by atoms with Crippen molar-refractivity contribution in [1.82, 2.24) is 0 Å². The van der Waals surface area contributed by atoms with Gasteiger partial charge in [-0.2, -0.15) is 0 Å². The Morgan fingerprint density at radius 3 is 2.63 bits per heavy atom. The quantitative estimate of drug-likeness (QED) is 0.852. The molecule has 2 unspecified atom stereocenters. The first-order chi connectivity index (χ1) is 8.91. The summed E-state index contributed by atoms with van der Waals surface area (Å²) in [5.41, 5.74) is 1.16. The van der Waals surface area contributed by atoms with Gasteiger partial charge < -0.3 is 10.1 Å². The molecule has 2 nitrogen and oxygen atoms in total. The van der Waals surface area contributed by atoms with Crippen molar-refractivity contribution in [3.63, 3.8) is 0 Å². The number of hydrogen-bond donors (Lipinski definition) is 1. The van der Waals surface area contributed by atoms with Crippen LogP contribution in [0.2, 0.25) is 5.02 Å². The molecular weight excluding hydrogens is 258 g/mol. The molecule has 1 N–H and O–H groups in total. The van der Waals surface area contributed by atoms with E-state index in [2.05, 4.69) is 33.0 Å². The van der Waals surface area contributed by atoms with Crippen LogP contribution < -0.4 is 5.32 Å². The van der Waals surface area contributed by atoms with Crippen LogP contribution >= 0.6 is 11.6 Å². The largest absolute Gasteiger partial charge is 0.380 e. The van der Waals surface area contributed by atoms with Crippen LogP contribution in [-0.2, 0) is 4.74 Å². The third-order valence-electron chi connectivity index (χ3n) is 4.01. The number of hydrogen-bond acceptors (Lipinski definition) is 2. The second kappa shape index (κ2) is 5.72. The number of ether oxygens (including phenoxy) is 1. The number of benzene rings is 1. The lowest BCUT2D eigenvalue weighted by atomic mass is 9.64. The van der Waals surface area contributed by atoms with Gasteiger partial charge in [0.1, 0.15) is 0 Å². The normalized spacial score (nSPS) is 25.2. The first-order valence-corrected chi connectivity index (χ1v) is 7.41. The molecule has 0 radical (unpaired) electrons. The van der Waals surface area contributed by atoms with Crippen molar-refractivity contribution in [2.75, 3.05) is 11.9 Å². The Bertz CT molecular complexity index is 431. The highest BCUT2D eigenvalue weighted by atomic mass is 35.5. The molecule has 3 heteroatoms. The van der Waals surface area contributed by atoms with Crippen LogP contribution in [0, 0.1) is 11.3 Å². The van der Waals surface area contributed by atoms with Crippen molar-refractivity contribution in [2.45, 2.75) is 46.3 Å². The Morgan fingerprint density at radius 1 is 1.37 bits per heavy atom. The number of rotatable bonds is 5. The minimum Gasteiger partial charge on any atom is -0.380 e. The van der Waals surface area contributed by atoms with E-state index in [1.165, 1.54) is 0 Å². The van der Waals surface area contributed by atoms with E-state index in [1.807, 2.05) is 24.3 Å². The van der Waals surface area contributed by atoms with Crippen LogP contribution in [0.1, 0.15) is 34.1 Å². The van der Waals surface area contributed by atoms with E-state index in [0.29, 0.717) is 18.1 Å². The maximum absolute atomic E-state index is 6.19. The Labute approximate surface area is 121 Å². The van der Waals surface area contributed by atoms with Crippen LogP contribution in [0.5, 0.6) is 0 Å². The van der Waals surface area contributed by atoms with Crippen LogP contribution in [0.25, 0.3) is 0 Å². The molecule has 1 aromatic rings. The van der Waals surface area contributed by atoms with Crippen molar-refractivity contribution < 1.29 is 4.74 Å². The summed E-state index contributed by atoms with van der Waals surface area (Å²) in [6, 6.07) is 8.33. The van der Waals surface area contributed by atoms with Crippen LogP contribution in [0.4, 0.5) is 5.69 Å². The molecule has 0 amide bonds. The fourth-order valence-corrected chi connectivity index (χ4v) is 2.68. The Hall–Kier alpha value is -0.730. The smallest absolute Gasteiger partial charge is 0.0665 e. The molecule has 2 atom stereocenters. The van der Waals surface area contributed by atoms with Gasteiger partial charge in [-0.25, -0.2) is 0 Å². The molecule has 19 heavy (non-hydrogen) atoms. The molecule has 0 aliphatic heterocycles. The SMILES string of the molecule is CC(C)COC1CC(Nc2ccccc2Cl)C1(C)C. The molecule has 0 saturated heterocycles. The van der Waals surface area contributed by atoms with E-state index >= 15 is 0 Å². The van der Waals surface area contributed by atoms with Gasteiger partial charge in [0.15, 0.2) is 0 Å². The lowest BCUT2D eigenvalue weighted by Gasteiger charge is -2.52. The Kier molecular flexibility index (Phi) is 4.42. The minimum absolute atomic E-state index is 0.147. The number of anilines is 1. The summed E-state index contributed by atoms with van der Waals surface area (Å²) in [4.78, 5) is 0. The van der Waals surface area contributed by atoms with Crippen LogP contribution in [-0.4, -0.2) is 18.8 Å². The van der Waals surface area contributed by atoms with Crippen molar-refractivity contribution in [3.8, 4) is 0 Å². The second-order valence-corrected chi connectivity index (χ2v) is 6.86. The van der Waals surface area contributed by atoms with Crippen LogP contribution in [0.3, 0.4) is 0 Å². The zero-order valence-electron chi connectivity index (χ0n) is 12.2. The third kappa shape index (κ3) is 3.24. The van der Waals surface area contributed by atoms with E-state index in [4.69, 9.17) is 16.3 Å². The lowest BCUT2D eigenvalue weighted by molar-refractivity contribution is -0.108. The predicted molar refractivity (Wildman–Crippen MR) is 81.8 cm³/mol. The number of para-hydroxylation sites is 1. The Morgan fingerprint density at radius 2 is 2.05 bits per heavy atom. The molecule has 106 valence electrons. The molecule has 1 aromatic carbocycles. The first kappa shape index (κ1) is 14.7. The predicted octanol–water partition coefficient (Wildman–Crippen LogP) is 4.59. The molecule has 0 heterocycles. The molecule has 0 spiro atoms. The van der Waals surface area contributed by atoms with Gasteiger partial charge in [-0.15, -0.1) is 0 Å². The molecule has 0 aromatic heterocycles. The summed E-state index contributed by atoms with van der Waals surface area (Å²) in [7, 11) is 0. The van der Waals surface area contributed by atoms with Gasteiger partial charge in [0.25, 0.3) is 0 Å². The fraction of sp³-hybridized carbons (Fsp3) is 0.625. The van der Waals surface area contributed by atoms with Gasteiger partial charge in [0, 0.05) is 18.1 Å². The third-order valence-corrected chi connectivity index (χ3v) is 4.34. The lowest BCUT2D eigenvalue weighted by Crippen LogP contribution is -2.58. The van der Waals surface area contributed by atoms with Crippen molar-refractivity contribution in [3.05, 3.63) is 29.3 Å². The minimum atomic E-state index is 0.147. The van der Waals surface area contributed by atoms with Crippen molar-refractivity contribution in [2.24, 2.45) is 11.3 Å². The van der Waals surface area contributed by atoms with Crippen molar-refractivity contribution in [1.29, 1.82) is 0 Å². The maximum atomic E-state index is 6.19. The van der Waals surface area contributed by atoms with Crippen LogP contribution in [0.15, 0.2) is 24.3 Å². The maximum Gasteiger partial charge on any atom is 0.0665 e. The van der Waals surface area contributed by atoms with Gasteiger partial charge in [-0.3, -0.25) is 0 Å². The van der Waals surface area contributed by atoms with E-state index < -0.39 is 0 Å². The second-order valence-electron chi connectivity index (χ2n) is 6.45. The number of halogens is 1. The van der Waals surface area contributed by atoms with E-state index in [9.17, 15) is 0 Å².